The van der Waals surface area contributed by atoms with Crippen LogP contribution in [0, 0.1) is 5.92 Å². The quantitative estimate of drug-likeness (QED) is 0.908. The second kappa shape index (κ2) is 5.94. The molecule has 0 aliphatic carbocycles. The van der Waals surface area contributed by atoms with Crippen LogP contribution in [0.5, 0.6) is 0 Å². The van der Waals surface area contributed by atoms with E-state index in [4.69, 9.17) is 10.7 Å². The van der Waals surface area contributed by atoms with Gasteiger partial charge in [0.25, 0.3) is 0 Å². The first kappa shape index (κ1) is 13.6. The lowest BCUT2D eigenvalue weighted by atomic mass is 10.1. The van der Waals surface area contributed by atoms with Crippen molar-refractivity contribution < 1.29 is 0 Å². The topological polar surface area (TPSA) is 47.1 Å². The normalized spacial score (nSPS) is 20.0. The fourth-order valence-corrected chi connectivity index (χ4v) is 3.17. The number of aromatic nitrogens is 2. The Kier molecular flexibility index (Phi) is 4.03. The molecule has 4 heteroatoms. The smallest absolute Gasteiger partial charge is 0.124 e. The van der Waals surface area contributed by atoms with Gasteiger partial charge in [-0.1, -0.05) is 19.1 Å². The first-order chi connectivity index (χ1) is 9.81. The van der Waals surface area contributed by atoms with Gasteiger partial charge in [0.15, 0.2) is 0 Å². The molecule has 1 aromatic carbocycles. The van der Waals surface area contributed by atoms with Gasteiger partial charge < -0.3 is 10.3 Å². The third-order valence-electron chi connectivity index (χ3n) is 4.25. The first-order valence-corrected chi connectivity index (χ1v) is 7.68. The number of imidazole rings is 1. The monoisotopic (exact) mass is 272 g/mol. The Labute approximate surface area is 120 Å². The number of fused-ring (bicyclic) bond motifs is 1. The van der Waals surface area contributed by atoms with Crippen molar-refractivity contribution in [3.8, 4) is 0 Å². The summed E-state index contributed by atoms with van der Waals surface area (Å²) in [6, 6.07) is 8.45. The third-order valence-corrected chi connectivity index (χ3v) is 4.25. The summed E-state index contributed by atoms with van der Waals surface area (Å²) in [5.41, 5.74) is 8.16. The van der Waals surface area contributed by atoms with Crippen LogP contribution in [0.2, 0.25) is 0 Å². The van der Waals surface area contributed by atoms with Crippen LogP contribution in [0.4, 0.5) is 0 Å². The Balaban J connectivity index is 1.85. The van der Waals surface area contributed by atoms with Crippen molar-refractivity contribution in [3.63, 3.8) is 0 Å². The molecule has 4 nitrogen and oxygen atoms in total. The molecule has 1 saturated heterocycles. The lowest BCUT2D eigenvalue weighted by Crippen LogP contribution is -2.24. The highest BCUT2D eigenvalue weighted by Gasteiger charge is 2.23. The van der Waals surface area contributed by atoms with E-state index >= 15 is 0 Å². The number of rotatable bonds is 5. The van der Waals surface area contributed by atoms with E-state index in [1.807, 2.05) is 0 Å². The van der Waals surface area contributed by atoms with E-state index < -0.39 is 0 Å². The SMILES string of the molecule is CCCn1c(CN2CCC(CN)C2)nc2ccccc21. The maximum atomic E-state index is 5.78. The molecule has 1 aliphatic rings. The fourth-order valence-electron chi connectivity index (χ4n) is 3.17. The highest BCUT2D eigenvalue weighted by molar-refractivity contribution is 5.75. The Morgan fingerprint density at radius 3 is 2.95 bits per heavy atom. The minimum absolute atomic E-state index is 0.666. The van der Waals surface area contributed by atoms with Gasteiger partial charge >= 0.3 is 0 Å². The summed E-state index contributed by atoms with van der Waals surface area (Å²) in [6.07, 6.45) is 2.36. The molecule has 0 spiro atoms. The molecular formula is C16H24N4. The third kappa shape index (κ3) is 2.58. The number of benzene rings is 1. The predicted octanol–water partition coefficient (Wildman–Crippen LogP) is 2.23. The minimum Gasteiger partial charge on any atom is -0.330 e. The lowest BCUT2D eigenvalue weighted by molar-refractivity contribution is 0.304. The Morgan fingerprint density at radius 1 is 1.35 bits per heavy atom. The van der Waals surface area contributed by atoms with Crippen molar-refractivity contribution in [1.82, 2.24) is 14.5 Å². The highest BCUT2D eigenvalue weighted by Crippen LogP contribution is 2.21. The van der Waals surface area contributed by atoms with Gasteiger partial charge in [-0.05, 0) is 44.0 Å². The van der Waals surface area contributed by atoms with E-state index in [9.17, 15) is 0 Å². The standard InChI is InChI=1S/C16H24N4/c1-2-8-20-15-6-4-3-5-14(15)18-16(20)12-19-9-7-13(10-17)11-19/h3-6,13H,2,7-12,17H2,1H3. The molecule has 1 aromatic heterocycles. The molecule has 3 rings (SSSR count). The molecule has 1 aliphatic heterocycles. The molecule has 2 heterocycles. The molecule has 2 N–H and O–H groups in total. The highest BCUT2D eigenvalue weighted by atomic mass is 15.2. The van der Waals surface area contributed by atoms with Gasteiger partial charge in [-0.2, -0.15) is 0 Å². The molecule has 108 valence electrons. The number of aryl methyl sites for hydroxylation is 1. The zero-order valence-corrected chi connectivity index (χ0v) is 12.3. The van der Waals surface area contributed by atoms with Gasteiger partial charge in [0, 0.05) is 13.1 Å². The van der Waals surface area contributed by atoms with Gasteiger partial charge in [-0.3, -0.25) is 4.90 Å². The lowest BCUT2D eigenvalue weighted by Gasteiger charge is -2.16. The van der Waals surface area contributed by atoms with Crippen LogP contribution < -0.4 is 5.73 Å². The van der Waals surface area contributed by atoms with Gasteiger partial charge in [-0.25, -0.2) is 4.98 Å². The molecule has 0 bridgehead atoms. The second-order valence-electron chi connectivity index (χ2n) is 5.79. The molecule has 1 fully saturated rings. The number of nitrogens with zero attached hydrogens (tertiary/aromatic N) is 3. The Bertz CT molecular complexity index is 575. The number of nitrogens with two attached hydrogens (primary N) is 1. The average molecular weight is 272 g/mol. The molecule has 1 unspecified atom stereocenters. The summed E-state index contributed by atoms with van der Waals surface area (Å²) in [4.78, 5) is 7.33. The van der Waals surface area contributed by atoms with E-state index in [2.05, 4.69) is 40.7 Å². The summed E-state index contributed by atoms with van der Waals surface area (Å²) < 4.78 is 2.38. The summed E-state index contributed by atoms with van der Waals surface area (Å²) in [7, 11) is 0. The van der Waals surface area contributed by atoms with Crippen LogP contribution in [0.25, 0.3) is 11.0 Å². The molecular weight excluding hydrogens is 248 g/mol. The molecule has 0 radical (unpaired) electrons. The van der Waals surface area contributed by atoms with Crippen LogP contribution in [0.3, 0.4) is 0 Å². The predicted molar refractivity (Wildman–Crippen MR) is 82.5 cm³/mol. The van der Waals surface area contributed by atoms with Crippen molar-refractivity contribution in [2.45, 2.75) is 32.9 Å². The second-order valence-corrected chi connectivity index (χ2v) is 5.79. The number of hydrogen-bond donors (Lipinski definition) is 1. The average Bonchev–Trinajstić information content (AvgIpc) is 3.05. The maximum Gasteiger partial charge on any atom is 0.124 e. The van der Waals surface area contributed by atoms with E-state index in [1.165, 1.54) is 17.8 Å². The largest absolute Gasteiger partial charge is 0.330 e. The van der Waals surface area contributed by atoms with E-state index in [0.29, 0.717) is 5.92 Å². The van der Waals surface area contributed by atoms with E-state index in [1.54, 1.807) is 0 Å². The number of hydrogen-bond acceptors (Lipinski definition) is 3. The number of likely N-dealkylation sites (tertiary alicyclic amines) is 1. The van der Waals surface area contributed by atoms with Crippen LogP contribution in [-0.2, 0) is 13.1 Å². The minimum atomic E-state index is 0.666. The molecule has 0 saturated carbocycles. The van der Waals surface area contributed by atoms with Crippen LogP contribution in [0.15, 0.2) is 24.3 Å². The summed E-state index contributed by atoms with van der Waals surface area (Å²) in [5, 5.41) is 0. The van der Waals surface area contributed by atoms with Crippen LogP contribution in [-0.4, -0.2) is 34.1 Å². The van der Waals surface area contributed by atoms with Gasteiger partial charge in [0.05, 0.1) is 17.6 Å². The Hall–Kier alpha value is -1.39. The maximum absolute atomic E-state index is 5.78. The molecule has 1 atom stereocenters. The van der Waals surface area contributed by atoms with Crippen LogP contribution in [0.1, 0.15) is 25.6 Å². The van der Waals surface area contributed by atoms with Crippen molar-refractivity contribution in [3.05, 3.63) is 30.1 Å². The van der Waals surface area contributed by atoms with Gasteiger partial charge in [0.2, 0.25) is 0 Å². The van der Waals surface area contributed by atoms with Gasteiger partial charge in [0.1, 0.15) is 5.82 Å². The van der Waals surface area contributed by atoms with Crippen molar-refractivity contribution in [2.24, 2.45) is 11.7 Å². The Morgan fingerprint density at radius 2 is 2.20 bits per heavy atom. The molecule has 0 amide bonds. The molecule has 20 heavy (non-hydrogen) atoms. The van der Waals surface area contributed by atoms with Crippen LogP contribution >= 0.6 is 0 Å². The van der Waals surface area contributed by atoms with Crippen molar-refractivity contribution in [1.29, 1.82) is 0 Å². The van der Waals surface area contributed by atoms with E-state index in [-0.39, 0.29) is 0 Å². The summed E-state index contributed by atoms with van der Waals surface area (Å²) in [6.45, 7) is 7.29. The van der Waals surface area contributed by atoms with Crippen molar-refractivity contribution in [2.75, 3.05) is 19.6 Å². The summed E-state index contributed by atoms with van der Waals surface area (Å²) >= 11 is 0. The zero-order chi connectivity index (χ0) is 13.9. The first-order valence-electron chi connectivity index (χ1n) is 7.68. The number of para-hydroxylation sites is 2. The molecule has 2 aromatic rings. The van der Waals surface area contributed by atoms with Gasteiger partial charge in [-0.15, -0.1) is 0 Å². The zero-order valence-electron chi connectivity index (χ0n) is 12.3. The van der Waals surface area contributed by atoms with Crippen molar-refractivity contribution >= 4 is 11.0 Å². The fraction of sp³-hybridized carbons (Fsp3) is 0.562. The van der Waals surface area contributed by atoms with E-state index in [0.717, 1.165) is 44.7 Å². The summed E-state index contributed by atoms with van der Waals surface area (Å²) in [5.74, 6) is 1.87.